The van der Waals surface area contributed by atoms with Crippen molar-refractivity contribution in [1.82, 2.24) is 19.9 Å². The highest BCUT2D eigenvalue weighted by Gasteiger charge is 2.27. The lowest BCUT2D eigenvalue weighted by Gasteiger charge is -2.25. The number of pyridine rings is 2. The number of aromatic nitrogens is 3. The summed E-state index contributed by atoms with van der Waals surface area (Å²) in [4.78, 5) is 14.8. The zero-order chi connectivity index (χ0) is 20.3. The van der Waals surface area contributed by atoms with Crippen LogP contribution in [0.4, 0.5) is 11.5 Å². The third kappa shape index (κ3) is 3.63. The fourth-order valence-corrected chi connectivity index (χ4v) is 4.25. The van der Waals surface area contributed by atoms with E-state index in [1.807, 2.05) is 30.5 Å². The van der Waals surface area contributed by atoms with Crippen molar-refractivity contribution in [3.8, 4) is 6.07 Å². The highest BCUT2D eigenvalue weighted by Crippen LogP contribution is 2.34. The van der Waals surface area contributed by atoms with Gasteiger partial charge in [0.05, 0.1) is 23.6 Å². The third-order valence-electron chi connectivity index (χ3n) is 5.68. The highest BCUT2D eigenvalue weighted by atomic mass is 15.2. The van der Waals surface area contributed by atoms with Crippen molar-refractivity contribution in [3.05, 3.63) is 83.9 Å². The quantitative estimate of drug-likeness (QED) is 0.503. The Hall–Kier alpha value is -3.69. The predicted molar refractivity (Wildman–Crippen MR) is 117 cm³/mol. The Morgan fingerprint density at radius 2 is 2.07 bits per heavy atom. The predicted octanol–water partition coefficient (Wildman–Crippen LogP) is 4.91. The topological polar surface area (TPSA) is 80.6 Å². The van der Waals surface area contributed by atoms with Crippen molar-refractivity contribution in [1.29, 1.82) is 5.26 Å². The standard InChI is InChI=1S/C24H22N6/c25-14-18-9-10-19(15-27-18)28-24-8-2-6-22(29-24)23-7-3-13-30(23)16-17-4-1-5-21-20(17)11-12-26-21/h1-2,4-6,8-12,15,23,26H,3,7,13,16H2,(H,28,29). The molecular weight excluding hydrogens is 372 g/mol. The van der Waals surface area contributed by atoms with Gasteiger partial charge in [-0.05, 0) is 61.3 Å². The average molecular weight is 394 g/mol. The first-order valence-corrected chi connectivity index (χ1v) is 10.2. The molecule has 3 aromatic heterocycles. The van der Waals surface area contributed by atoms with Crippen molar-refractivity contribution >= 4 is 22.4 Å². The average Bonchev–Trinajstić information content (AvgIpc) is 3.44. The van der Waals surface area contributed by atoms with Crippen LogP contribution >= 0.6 is 0 Å². The number of rotatable bonds is 5. The first kappa shape index (κ1) is 18.3. The van der Waals surface area contributed by atoms with E-state index in [0.717, 1.165) is 36.7 Å². The summed E-state index contributed by atoms with van der Waals surface area (Å²) in [5.41, 5.74) is 4.84. The maximum atomic E-state index is 8.90. The molecule has 6 heteroatoms. The Labute approximate surface area is 175 Å². The molecule has 0 spiro atoms. The summed E-state index contributed by atoms with van der Waals surface area (Å²) in [5, 5.41) is 13.5. The van der Waals surface area contributed by atoms with E-state index in [1.165, 1.54) is 22.9 Å². The molecule has 5 rings (SSSR count). The minimum atomic E-state index is 0.306. The van der Waals surface area contributed by atoms with Crippen LogP contribution in [0.25, 0.3) is 10.9 Å². The SMILES string of the molecule is N#Cc1ccc(Nc2cccc(C3CCCN3Cc3cccc4[nH]ccc34)n2)cn1. The van der Waals surface area contributed by atoms with Gasteiger partial charge in [0.1, 0.15) is 17.6 Å². The fraction of sp³-hybridized carbons (Fsp3) is 0.208. The van der Waals surface area contributed by atoms with Crippen molar-refractivity contribution < 1.29 is 0 Å². The van der Waals surface area contributed by atoms with Crippen molar-refractivity contribution in [3.63, 3.8) is 0 Å². The molecule has 1 fully saturated rings. The lowest BCUT2D eigenvalue weighted by Crippen LogP contribution is -2.23. The Balaban J connectivity index is 1.36. The van der Waals surface area contributed by atoms with E-state index in [-0.39, 0.29) is 0 Å². The number of likely N-dealkylation sites (tertiary alicyclic amines) is 1. The van der Waals surface area contributed by atoms with Crippen LogP contribution in [-0.4, -0.2) is 26.4 Å². The number of aromatic amines is 1. The Kier molecular flexibility index (Phi) is 4.88. The number of nitrogens with zero attached hydrogens (tertiary/aromatic N) is 4. The Morgan fingerprint density at radius 3 is 2.93 bits per heavy atom. The van der Waals surface area contributed by atoms with E-state index in [2.05, 4.69) is 50.5 Å². The molecule has 1 atom stereocenters. The van der Waals surface area contributed by atoms with Gasteiger partial charge in [-0.15, -0.1) is 0 Å². The maximum Gasteiger partial charge on any atom is 0.140 e. The van der Waals surface area contributed by atoms with Gasteiger partial charge < -0.3 is 10.3 Å². The zero-order valence-electron chi connectivity index (χ0n) is 16.5. The van der Waals surface area contributed by atoms with Crippen LogP contribution in [0.5, 0.6) is 0 Å². The van der Waals surface area contributed by atoms with E-state index in [4.69, 9.17) is 10.2 Å². The molecule has 6 nitrogen and oxygen atoms in total. The second-order valence-electron chi connectivity index (χ2n) is 7.60. The monoisotopic (exact) mass is 394 g/mol. The number of benzene rings is 1. The molecule has 0 amide bonds. The molecule has 2 N–H and O–H groups in total. The van der Waals surface area contributed by atoms with Gasteiger partial charge >= 0.3 is 0 Å². The largest absolute Gasteiger partial charge is 0.361 e. The fourth-order valence-electron chi connectivity index (χ4n) is 4.25. The number of nitriles is 1. The number of fused-ring (bicyclic) bond motifs is 1. The summed E-state index contributed by atoms with van der Waals surface area (Å²) < 4.78 is 0. The minimum Gasteiger partial charge on any atom is -0.361 e. The summed E-state index contributed by atoms with van der Waals surface area (Å²) in [6.07, 6.45) is 5.95. The molecule has 1 aromatic carbocycles. The summed E-state index contributed by atoms with van der Waals surface area (Å²) in [6.45, 7) is 1.99. The van der Waals surface area contributed by atoms with Gasteiger partial charge in [-0.1, -0.05) is 18.2 Å². The molecular formula is C24H22N6. The van der Waals surface area contributed by atoms with Gasteiger partial charge in [0.2, 0.25) is 0 Å². The minimum absolute atomic E-state index is 0.306. The molecule has 4 heterocycles. The number of nitrogens with one attached hydrogen (secondary N) is 2. The number of anilines is 2. The van der Waals surface area contributed by atoms with Crippen molar-refractivity contribution in [2.45, 2.75) is 25.4 Å². The van der Waals surface area contributed by atoms with E-state index in [0.29, 0.717) is 11.7 Å². The van der Waals surface area contributed by atoms with Crippen LogP contribution in [0.15, 0.2) is 67.0 Å². The zero-order valence-corrected chi connectivity index (χ0v) is 16.5. The lowest BCUT2D eigenvalue weighted by atomic mass is 10.1. The van der Waals surface area contributed by atoms with E-state index in [9.17, 15) is 0 Å². The van der Waals surface area contributed by atoms with Crippen LogP contribution in [0.1, 0.15) is 35.8 Å². The van der Waals surface area contributed by atoms with Crippen LogP contribution < -0.4 is 5.32 Å². The second kappa shape index (κ2) is 7.97. The molecule has 1 unspecified atom stereocenters. The molecule has 0 bridgehead atoms. The number of H-pyrrole nitrogens is 1. The first-order valence-electron chi connectivity index (χ1n) is 10.2. The van der Waals surface area contributed by atoms with Crippen LogP contribution in [0, 0.1) is 11.3 Å². The summed E-state index contributed by atoms with van der Waals surface area (Å²) in [7, 11) is 0. The van der Waals surface area contributed by atoms with Crippen LogP contribution in [-0.2, 0) is 6.54 Å². The van der Waals surface area contributed by atoms with Gasteiger partial charge in [0, 0.05) is 23.6 Å². The molecule has 148 valence electrons. The molecule has 1 aliphatic heterocycles. The number of hydrogen-bond donors (Lipinski definition) is 2. The van der Waals surface area contributed by atoms with Gasteiger partial charge in [-0.2, -0.15) is 5.26 Å². The van der Waals surface area contributed by atoms with Gasteiger partial charge in [-0.25, -0.2) is 9.97 Å². The summed E-state index contributed by atoms with van der Waals surface area (Å²) in [6, 6.07) is 20.6. The molecule has 0 aliphatic carbocycles. The Morgan fingerprint density at radius 1 is 1.13 bits per heavy atom. The normalized spacial score (nSPS) is 16.6. The maximum absolute atomic E-state index is 8.90. The Bertz CT molecular complexity index is 1200. The molecule has 0 radical (unpaired) electrons. The molecule has 4 aromatic rings. The molecule has 1 aliphatic rings. The van der Waals surface area contributed by atoms with E-state index < -0.39 is 0 Å². The third-order valence-corrected chi connectivity index (χ3v) is 5.68. The van der Waals surface area contributed by atoms with Crippen LogP contribution in [0.3, 0.4) is 0 Å². The van der Waals surface area contributed by atoms with Crippen LogP contribution in [0.2, 0.25) is 0 Å². The molecule has 0 saturated carbocycles. The van der Waals surface area contributed by atoms with Gasteiger partial charge in [0.25, 0.3) is 0 Å². The van der Waals surface area contributed by atoms with Crippen molar-refractivity contribution in [2.24, 2.45) is 0 Å². The van der Waals surface area contributed by atoms with E-state index in [1.54, 1.807) is 12.3 Å². The molecule has 1 saturated heterocycles. The second-order valence-corrected chi connectivity index (χ2v) is 7.60. The smallest absolute Gasteiger partial charge is 0.140 e. The van der Waals surface area contributed by atoms with Gasteiger partial charge in [-0.3, -0.25) is 4.90 Å². The lowest BCUT2D eigenvalue weighted by molar-refractivity contribution is 0.245. The number of hydrogen-bond acceptors (Lipinski definition) is 5. The van der Waals surface area contributed by atoms with E-state index >= 15 is 0 Å². The van der Waals surface area contributed by atoms with Crippen molar-refractivity contribution in [2.75, 3.05) is 11.9 Å². The van der Waals surface area contributed by atoms with Gasteiger partial charge in [0.15, 0.2) is 0 Å². The molecule has 30 heavy (non-hydrogen) atoms. The highest BCUT2D eigenvalue weighted by molar-refractivity contribution is 5.82. The summed E-state index contributed by atoms with van der Waals surface area (Å²) in [5.74, 6) is 0.790. The first-order chi connectivity index (χ1) is 14.8. The summed E-state index contributed by atoms with van der Waals surface area (Å²) >= 11 is 0.